The van der Waals surface area contributed by atoms with Gasteiger partial charge in [0.05, 0.1) is 5.02 Å². The van der Waals surface area contributed by atoms with Gasteiger partial charge in [0.25, 0.3) is 0 Å². The van der Waals surface area contributed by atoms with Crippen LogP contribution in [-0.4, -0.2) is 0 Å². The number of rotatable bonds is 0. The van der Waals surface area contributed by atoms with Crippen molar-refractivity contribution in [1.29, 1.82) is 0 Å². The third-order valence-electron chi connectivity index (χ3n) is 2.61. The summed E-state index contributed by atoms with van der Waals surface area (Å²) in [5, 5.41) is 1.19. The summed E-state index contributed by atoms with van der Waals surface area (Å²) in [6, 6.07) is 10.7. The molecule has 0 spiro atoms. The van der Waals surface area contributed by atoms with Crippen LogP contribution in [0.4, 0.5) is 0 Å². The van der Waals surface area contributed by atoms with Gasteiger partial charge in [-0.1, -0.05) is 41.4 Å². The maximum Gasteiger partial charge on any atom is 0.202 e. The summed E-state index contributed by atoms with van der Waals surface area (Å²) in [5.41, 5.74) is 1.02. The summed E-state index contributed by atoms with van der Waals surface area (Å²) < 4.78 is 5.62. The number of fused-ring (bicyclic) bond motifs is 2. The maximum atomic E-state index is 11.5. The van der Waals surface area contributed by atoms with Gasteiger partial charge in [-0.3, -0.25) is 4.79 Å². The molecule has 84 valence electrons. The zero-order valence-corrected chi connectivity index (χ0v) is 10.0. The molecule has 0 atom stereocenters. The van der Waals surface area contributed by atoms with E-state index in [1.807, 2.05) is 30.3 Å². The predicted octanol–water partition coefficient (Wildman–Crippen LogP) is 4.20. The average molecular weight is 265 g/mol. The van der Waals surface area contributed by atoms with Crippen molar-refractivity contribution in [2.75, 3.05) is 0 Å². The first-order valence-corrected chi connectivity index (χ1v) is 5.73. The van der Waals surface area contributed by atoms with E-state index in [2.05, 4.69) is 0 Å². The first kappa shape index (κ1) is 10.6. The van der Waals surface area contributed by atoms with Gasteiger partial charge in [-0.05, 0) is 12.1 Å². The van der Waals surface area contributed by atoms with Crippen molar-refractivity contribution in [2.24, 2.45) is 0 Å². The molecule has 2 aliphatic rings. The summed E-state index contributed by atoms with van der Waals surface area (Å²) in [6.07, 6.45) is 0. The molecule has 17 heavy (non-hydrogen) atoms. The molecular formula is C13H6Cl2O2. The minimum absolute atomic E-state index is 0.0321. The van der Waals surface area contributed by atoms with Gasteiger partial charge in [0.1, 0.15) is 16.4 Å². The summed E-state index contributed by atoms with van der Waals surface area (Å²) in [4.78, 5) is 11.5. The lowest BCUT2D eigenvalue weighted by Gasteiger charge is -2.09. The smallest absolute Gasteiger partial charge is 0.202 e. The van der Waals surface area contributed by atoms with Gasteiger partial charge in [-0.2, -0.15) is 0 Å². The number of benzene rings is 2. The van der Waals surface area contributed by atoms with E-state index >= 15 is 0 Å². The third-order valence-corrected chi connectivity index (χ3v) is 3.48. The van der Waals surface area contributed by atoms with Crippen LogP contribution in [0.2, 0.25) is 10.0 Å². The maximum absolute atomic E-state index is 11.5. The highest BCUT2D eigenvalue weighted by Gasteiger charge is 2.16. The molecule has 1 aromatic rings. The molecule has 0 saturated carbocycles. The first-order chi connectivity index (χ1) is 8.16. The normalized spacial score (nSPS) is 11.2. The third kappa shape index (κ3) is 1.61. The molecule has 0 bridgehead atoms. The van der Waals surface area contributed by atoms with Crippen LogP contribution in [0.25, 0.3) is 22.3 Å². The van der Waals surface area contributed by atoms with Crippen molar-refractivity contribution in [1.82, 2.24) is 0 Å². The molecule has 2 nitrogen and oxygen atoms in total. The van der Waals surface area contributed by atoms with Crippen LogP contribution in [0.1, 0.15) is 0 Å². The van der Waals surface area contributed by atoms with E-state index in [9.17, 15) is 4.79 Å². The lowest BCUT2D eigenvalue weighted by molar-refractivity contribution is 0.619. The van der Waals surface area contributed by atoms with Gasteiger partial charge in [0.15, 0.2) is 0 Å². The van der Waals surface area contributed by atoms with Crippen LogP contribution < -0.4 is 5.43 Å². The van der Waals surface area contributed by atoms with E-state index in [0.717, 1.165) is 5.39 Å². The molecule has 0 aromatic heterocycles. The SMILES string of the molecule is O=c1cc2oc3ccccc3cc-2c(Cl)c1Cl. The molecule has 1 aliphatic carbocycles. The molecule has 0 N–H and O–H groups in total. The van der Waals surface area contributed by atoms with Crippen molar-refractivity contribution in [3.63, 3.8) is 0 Å². The van der Waals surface area contributed by atoms with E-state index in [-0.39, 0.29) is 15.5 Å². The van der Waals surface area contributed by atoms with Gasteiger partial charge < -0.3 is 4.42 Å². The topological polar surface area (TPSA) is 30.2 Å². The Morgan fingerprint density at radius 3 is 2.59 bits per heavy atom. The second kappa shape index (κ2) is 3.76. The lowest BCUT2D eigenvalue weighted by atomic mass is 10.1. The highest BCUT2D eigenvalue weighted by molar-refractivity contribution is 6.43. The molecule has 0 saturated heterocycles. The van der Waals surface area contributed by atoms with E-state index < -0.39 is 0 Å². The molecule has 0 unspecified atom stereocenters. The zero-order chi connectivity index (χ0) is 12.0. The standard InChI is InChI=1S/C13H6Cl2O2/c14-12-8-5-7-3-1-2-4-10(7)17-11(8)6-9(16)13(12)15/h1-6H. The zero-order valence-electron chi connectivity index (χ0n) is 8.54. The van der Waals surface area contributed by atoms with E-state index in [0.29, 0.717) is 16.9 Å². The Labute approximate surface area is 107 Å². The Balaban J connectivity index is 2.53. The second-order valence-corrected chi connectivity index (χ2v) is 4.45. The number of halogens is 2. The quantitative estimate of drug-likeness (QED) is 0.570. The highest BCUT2D eigenvalue weighted by atomic mass is 35.5. The molecular weight excluding hydrogens is 259 g/mol. The molecule has 1 aliphatic heterocycles. The second-order valence-electron chi connectivity index (χ2n) is 3.70. The molecule has 0 amide bonds. The van der Waals surface area contributed by atoms with Gasteiger partial charge >= 0.3 is 0 Å². The summed E-state index contributed by atoms with van der Waals surface area (Å²) >= 11 is 11.9. The molecule has 1 aromatic carbocycles. The van der Waals surface area contributed by atoms with Crippen LogP contribution in [0.15, 0.2) is 45.6 Å². The number of para-hydroxylation sites is 1. The molecule has 1 heterocycles. The van der Waals surface area contributed by atoms with Gasteiger partial charge in [0, 0.05) is 17.0 Å². The van der Waals surface area contributed by atoms with Crippen LogP contribution in [-0.2, 0) is 0 Å². The fraction of sp³-hybridized carbons (Fsp3) is 0. The van der Waals surface area contributed by atoms with Crippen molar-refractivity contribution in [3.05, 3.63) is 56.7 Å². The van der Waals surface area contributed by atoms with E-state index in [1.54, 1.807) is 0 Å². The number of hydrogen-bond acceptors (Lipinski definition) is 2. The Morgan fingerprint density at radius 1 is 1.00 bits per heavy atom. The minimum atomic E-state index is -0.330. The van der Waals surface area contributed by atoms with Crippen LogP contribution >= 0.6 is 23.2 Å². The average Bonchev–Trinajstić information content (AvgIpc) is 2.34. The summed E-state index contributed by atoms with van der Waals surface area (Å²) in [6.45, 7) is 0. The molecule has 0 radical (unpaired) electrons. The Kier molecular flexibility index (Phi) is 2.35. The Morgan fingerprint density at radius 2 is 1.76 bits per heavy atom. The monoisotopic (exact) mass is 264 g/mol. The van der Waals surface area contributed by atoms with Crippen molar-refractivity contribution >= 4 is 34.2 Å². The highest BCUT2D eigenvalue weighted by Crippen LogP contribution is 2.35. The van der Waals surface area contributed by atoms with Gasteiger partial charge in [-0.15, -0.1) is 0 Å². The van der Waals surface area contributed by atoms with E-state index in [1.165, 1.54) is 6.07 Å². The van der Waals surface area contributed by atoms with Gasteiger partial charge in [0.2, 0.25) is 5.43 Å². The summed E-state index contributed by atoms with van der Waals surface area (Å²) in [5.74, 6) is 0.447. The lowest BCUT2D eigenvalue weighted by Crippen LogP contribution is -2.02. The molecule has 0 fully saturated rings. The summed E-state index contributed by atoms with van der Waals surface area (Å²) in [7, 11) is 0. The van der Waals surface area contributed by atoms with Crippen molar-refractivity contribution in [2.45, 2.75) is 0 Å². The van der Waals surface area contributed by atoms with Gasteiger partial charge in [-0.25, -0.2) is 0 Å². The molecule has 4 heteroatoms. The van der Waals surface area contributed by atoms with Crippen molar-refractivity contribution in [3.8, 4) is 11.3 Å². The van der Waals surface area contributed by atoms with Crippen LogP contribution in [0, 0.1) is 0 Å². The minimum Gasteiger partial charge on any atom is -0.456 e. The fourth-order valence-corrected chi connectivity index (χ4v) is 2.18. The predicted molar refractivity (Wildman–Crippen MR) is 69.1 cm³/mol. The molecule has 3 rings (SSSR count). The Hall–Kier alpha value is -1.51. The Bertz CT molecular complexity index is 746. The van der Waals surface area contributed by atoms with Crippen molar-refractivity contribution < 1.29 is 4.42 Å². The number of hydrogen-bond donors (Lipinski definition) is 0. The first-order valence-electron chi connectivity index (χ1n) is 4.97. The van der Waals surface area contributed by atoms with E-state index in [4.69, 9.17) is 27.6 Å². The fourth-order valence-electron chi connectivity index (χ4n) is 1.78. The van der Waals surface area contributed by atoms with Crippen LogP contribution in [0.5, 0.6) is 0 Å². The largest absolute Gasteiger partial charge is 0.456 e. The van der Waals surface area contributed by atoms with Crippen LogP contribution in [0.3, 0.4) is 0 Å².